The molecule has 0 aliphatic heterocycles. The monoisotopic (exact) mass is 236 g/mol. The van der Waals surface area contributed by atoms with Crippen LogP contribution in [-0.4, -0.2) is 32.5 Å². The van der Waals surface area contributed by atoms with E-state index in [2.05, 4.69) is 5.32 Å². The van der Waals surface area contributed by atoms with Crippen LogP contribution in [0.5, 0.6) is 0 Å². The second kappa shape index (κ2) is 6.19. The number of carbonyl (C=O) groups is 1. The van der Waals surface area contributed by atoms with E-state index in [1.807, 2.05) is 13.8 Å². The van der Waals surface area contributed by atoms with Crippen molar-refractivity contribution in [2.75, 3.05) is 13.1 Å². The second-order valence-corrected chi connectivity index (χ2v) is 5.72. The van der Waals surface area contributed by atoms with E-state index in [0.717, 1.165) is 0 Å². The van der Waals surface area contributed by atoms with Crippen LogP contribution in [0.3, 0.4) is 0 Å². The lowest BCUT2D eigenvalue weighted by atomic mass is 10.2. The van der Waals surface area contributed by atoms with Crippen LogP contribution in [0.25, 0.3) is 0 Å². The van der Waals surface area contributed by atoms with Crippen LogP contribution in [0.15, 0.2) is 0 Å². The van der Waals surface area contributed by atoms with Gasteiger partial charge in [0.15, 0.2) is 5.78 Å². The maximum atomic E-state index is 11.5. The van der Waals surface area contributed by atoms with Gasteiger partial charge in [-0.1, -0.05) is 20.8 Å². The first-order valence-corrected chi connectivity index (χ1v) is 6.65. The lowest BCUT2D eigenvalue weighted by Gasteiger charge is -2.12. The van der Waals surface area contributed by atoms with Gasteiger partial charge >= 0.3 is 0 Å². The first-order chi connectivity index (χ1) is 6.79. The SMILES string of the molecule is CCC(C(=O)CNCC(C)C)S(N)(=O)=O. The smallest absolute Gasteiger partial charge is 0.219 e. The molecule has 1 atom stereocenters. The summed E-state index contributed by atoms with van der Waals surface area (Å²) in [5, 5.41) is 6.78. The van der Waals surface area contributed by atoms with Crippen molar-refractivity contribution < 1.29 is 13.2 Å². The summed E-state index contributed by atoms with van der Waals surface area (Å²) in [5.74, 6) is 0.0630. The Hall–Kier alpha value is -0.460. The standard InChI is InChI=1S/C9H20N2O3S/c1-4-9(15(10,13)14)8(12)6-11-5-7(2)3/h7,9,11H,4-6H2,1-3H3,(H2,10,13,14). The van der Waals surface area contributed by atoms with Crippen molar-refractivity contribution in [2.24, 2.45) is 11.1 Å². The first-order valence-electron chi connectivity index (χ1n) is 5.04. The lowest BCUT2D eigenvalue weighted by Crippen LogP contribution is -2.40. The molecule has 0 aliphatic rings. The van der Waals surface area contributed by atoms with Gasteiger partial charge in [-0.3, -0.25) is 4.79 Å². The van der Waals surface area contributed by atoms with Crippen LogP contribution in [0.2, 0.25) is 0 Å². The Morgan fingerprint density at radius 1 is 1.40 bits per heavy atom. The fraction of sp³-hybridized carbons (Fsp3) is 0.889. The average Bonchev–Trinajstić information content (AvgIpc) is 2.01. The normalized spacial score (nSPS) is 14.2. The third-order valence-corrected chi connectivity index (χ3v) is 3.37. The summed E-state index contributed by atoms with van der Waals surface area (Å²) in [5.41, 5.74) is 0. The highest BCUT2D eigenvalue weighted by Gasteiger charge is 2.26. The minimum absolute atomic E-state index is 0.0626. The minimum Gasteiger partial charge on any atom is -0.310 e. The van der Waals surface area contributed by atoms with Gasteiger partial charge in [0, 0.05) is 0 Å². The molecule has 6 heteroatoms. The number of carbonyl (C=O) groups excluding carboxylic acids is 1. The lowest BCUT2D eigenvalue weighted by molar-refractivity contribution is -0.117. The maximum Gasteiger partial charge on any atom is 0.219 e. The van der Waals surface area contributed by atoms with Crippen molar-refractivity contribution in [1.29, 1.82) is 0 Å². The van der Waals surface area contributed by atoms with Crippen LogP contribution in [0.4, 0.5) is 0 Å². The molecule has 0 aromatic carbocycles. The van der Waals surface area contributed by atoms with Crippen molar-refractivity contribution in [3.63, 3.8) is 0 Å². The van der Waals surface area contributed by atoms with E-state index in [0.29, 0.717) is 12.5 Å². The highest BCUT2D eigenvalue weighted by Crippen LogP contribution is 2.02. The molecule has 3 N–H and O–H groups in total. The summed E-state index contributed by atoms with van der Waals surface area (Å²) in [4.78, 5) is 11.5. The van der Waals surface area contributed by atoms with E-state index in [1.165, 1.54) is 0 Å². The highest BCUT2D eigenvalue weighted by atomic mass is 32.2. The molecule has 0 saturated carbocycles. The van der Waals surface area contributed by atoms with Gasteiger partial charge in [0.2, 0.25) is 10.0 Å². The Morgan fingerprint density at radius 3 is 2.27 bits per heavy atom. The van der Waals surface area contributed by atoms with Crippen molar-refractivity contribution >= 4 is 15.8 Å². The van der Waals surface area contributed by atoms with Gasteiger partial charge in [0.25, 0.3) is 0 Å². The number of Topliss-reactive ketones (excluding diaryl/α,β-unsaturated/α-hetero) is 1. The zero-order chi connectivity index (χ0) is 12.1. The number of hydrogen-bond acceptors (Lipinski definition) is 4. The largest absolute Gasteiger partial charge is 0.310 e. The number of hydrogen-bond donors (Lipinski definition) is 2. The summed E-state index contributed by atoms with van der Waals surface area (Å²) >= 11 is 0. The molecule has 0 aromatic rings. The molecule has 0 amide bonds. The molecule has 15 heavy (non-hydrogen) atoms. The minimum atomic E-state index is -3.75. The zero-order valence-corrected chi connectivity index (χ0v) is 10.3. The van der Waals surface area contributed by atoms with E-state index in [1.54, 1.807) is 6.92 Å². The number of nitrogens with two attached hydrogens (primary N) is 1. The molecule has 1 unspecified atom stereocenters. The summed E-state index contributed by atoms with van der Waals surface area (Å²) in [7, 11) is -3.75. The van der Waals surface area contributed by atoms with Gasteiger partial charge in [0.05, 0.1) is 6.54 Å². The topological polar surface area (TPSA) is 89.3 Å². The average molecular weight is 236 g/mol. The molecule has 0 fully saturated rings. The molecule has 0 heterocycles. The quantitative estimate of drug-likeness (QED) is 0.644. The van der Waals surface area contributed by atoms with Crippen LogP contribution in [0, 0.1) is 5.92 Å². The molecule has 0 saturated heterocycles. The molecule has 90 valence electrons. The van der Waals surface area contributed by atoms with Gasteiger partial charge in [-0.15, -0.1) is 0 Å². The molecule has 0 spiro atoms. The molecule has 0 rings (SSSR count). The fourth-order valence-electron chi connectivity index (χ4n) is 1.24. The number of sulfonamides is 1. The van der Waals surface area contributed by atoms with E-state index in [4.69, 9.17) is 5.14 Å². The van der Waals surface area contributed by atoms with E-state index >= 15 is 0 Å². The zero-order valence-electron chi connectivity index (χ0n) is 9.49. The Bertz CT molecular complexity index is 298. The number of primary sulfonamides is 1. The number of ketones is 1. The van der Waals surface area contributed by atoms with Crippen LogP contribution in [0.1, 0.15) is 27.2 Å². The Morgan fingerprint density at radius 2 is 1.93 bits per heavy atom. The number of nitrogens with one attached hydrogen (secondary N) is 1. The highest BCUT2D eigenvalue weighted by molar-refractivity contribution is 7.90. The van der Waals surface area contributed by atoms with Crippen molar-refractivity contribution in [3.05, 3.63) is 0 Å². The predicted molar refractivity (Wildman–Crippen MR) is 59.9 cm³/mol. The molecular formula is C9H20N2O3S. The van der Waals surface area contributed by atoms with Gasteiger partial charge < -0.3 is 5.32 Å². The van der Waals surface area contributed by atoms with Gasteiger partial charge in [-0.25, -0.2) is 13.6 Å². The molecule has 0 radical (unpaired) electrons. The molecular weight excluding hydrogens is 216 g/mol. The van der Waals surface area contributed by atoms with Gasteiger partial charge in [-0.05, 0) is 18.9 Å². The van der Waals surface area contributed by atoms with Crippen LogP contribution in [-0.2, 0) is 14.8 Å². The van der Waals surface area contributed by atoms with Crippen molar-refractivity contribution in [3.8, 4) is 0 Å². The van der Waals surface area contributed by atoms with E-state index in [-0.39, 0.29) is 18.7 Å². The van der Waals surface area contributed by atoms with Crippen LogP contribution >= 0.6 is 0 Å². The van der Waals surface area contributed by atoms with Gasteiger partial charge in [-0.2, -0.15) is 0 Å². The molecule has 0 aromatic heterocycles. The van der Waals surface area contributed by atoms with Crippen molar-refractivity contribution in [2.45, 2.75) is 32.4 Å². The number of rotatable bonds is 7. The summed E-state index contributed by atoms with van der Waals surface area (Å²) < 4.78 is 22.1. The van der Waals surface area contributed by atoms with E-state index in [9.17, 15) is 13.2 Å². The second-order valence-electron chi connectivity index (χ2n) is 3.98. The Kier molecular flexibility index (Phi) is 6.00. The molecule has 5 nitrogen and oxygen atoms in total. The Balaban J connectivity index is 4.19. The molecule has 0 aliphatic carbocycles. The first kappa shape index (κ1) is 14.5. The maximum absolute atomic E-state index is 11.5. The van der Waals surface area contributed by atoms with Gasteiger partial charge in [0.1, 0.15) is 5.25 Å². The predicted octanol–water partition coefficient (Wildman–Crippen LogP) is -0.132. The third-order valence-electron chi connectivity index (χ3n) is 1.98. The summed E-state index contributed by atoms with van der Waals surface area (Å²) in [6.45, 7) is 6.40. The Labute approximate surface area is 91.5 Å². The summed E-state index contributed by atoms with van der Waals surface area (Å²) in [6, 6.07) is 0. The fourth-order valence-corrected chi connectivity index (χ4v) is 2.16. The van der Waals surface area contributed by atoms with E-state index < -0.39 is 15.3 Å². The molecule has 0 bridgehead atoms. The third kappa shape index (κ3) is 5.86. The summed E-state index contributed by atoms with van der Waals surface area (Å²) in [6.07, 6.45) is 0.223. The van der Waals surface area contributed by atoms with Crippen molar-refractivity contribution in [1.82, 2.24) is 5.32 Å². The van der Waals surface area contributed by atoms with Crippen LogP contribution < -0.4 is 10.5 Å².